The molecule has 0 saturated heterocycles. The zero-order valence-electron chi connectivity index (χ0n) is 18.9. The number of nitrogens with one attached hydrogen (secondary N) is 1. The van der Waals surface area contributed by atoms with Gasteiger partial charge < -0.3 is 19.7 Å². The van der Waals surface area contributed by atoms with Crippen molar-refractivity contribution in [3.05, 3.63) is 114 Å². The molecule has 1 aliphatic heterocycles. The van der Waals surface area contributed by atoms with Gasteiger partial charge >= 0.3 is 0 Å². The molecular weight excluding hydrogens is 442 g/mol. The van der Waals surface area contributed by atoms with E-state index in [1.54, 1.807) is 53.6 Å². The molecule has 7 heteroatoms. The van der Waals surface area contributed by atoms with Crippen LogP contribution in [0.1, 0.15) is 21.6 Å². The minimum atomic E-state index is -0.273. The number of pyridine rings is 1. The fourth-order valence-electron chi connectivity index (χ4n) is 3.76. The Morgan fingerprint density at radius 3 is 2.54 bits per heavy atom. The summed E-state index contributed by atoms with van der Waals surface area (Å²) in [5, 5.41) is 2.88. The maximum absolute atomic E-state index is 12.8. The van der Waals surface area contributed by atoms with Crippen LogP contribution in [0.4, 0.5) is 11.4 Å². The highest BCUT2D eigenvalue weighted by Gasteiger charge is 2.26. The van der Waals surface area contributed by atoms with Gasteiger partial charge in [0.25, 0.3) is 11.8 Å². The van der Waals surface area contributed by atoms with E-state index >= 15 is 0 Å². The largest absolute Gasteiger partial charge is 0.487 e. The Labute approximate surface area is 203 Å². The highest BCUT2D eigenvalue weighted by molar-refractivity contribution is 6.06. The third-order valence-corrected chi connectivity index (χ3v) is 5.57. The monoisotopic (exact) mass is 465 g/mol. The van der Waals surface area contributed by atoms with E-state index in [1.807, 2.05) is 48.5 Å². The SMILES string of the molecule is O=C(Nc1ccc(OCc2ccccn2)cc1)c1ccc2c(c1)OCC(=O)N2Cc1ccccc1. The summed E-state index contributed by atoms with van der Waals surface area (Å²) >= 11 is 0. The zero-order chi connectivity index (χ0) is 24.0. The Morgan fingerprint density at radius 1 is 0.971 bits per heavy atom. The van der Waals surface area contributed by atoms with Gasteiger partial charge in [-0.1, -0.05) is 36.4 Å². The normalized spacial score (nSPS) is 12.5. The molecule has 7 nitrogen and oxygen atoms in total. The number of amides is 2. The van der Waals surface area contributed by atoms with Crippen molar-refractivity contribution in [3.8, 4) is 11.5 Å². The summed E-state index contributed by atoms with van der Waals surface area (Å²) in [7, 11) is 0. The van der Waals surface area contributed by atoms with Crippen LogP contribution >= 0.6 is 0 Å². The van der Waals surface area contributed by atoms with Gasteiger partial charge in [-0.05, 0) is 60.2 Å². The number of rotatable bonds is 7. The first-order chi connectivity index (χ1) is 17.2. The maximum atomic E-state index is 12.8. The maximum Gasteiger partial charge on any atom is 0.265 e. The lowest BCUT2D eigenvalue weighted by Crippen LogP contribution is -2.38. The molecule has 0 saturated carbocycles. The van der Waals surface area contributed by atoms with Crippen molar-refractivity contribution in [1.82, 2.24) is 4.98 Å². The number of ether oxygens (including phenoxy) is 2. The molecule has 1 aliphatic rings. The van der Waals surface area contributed by atoms with Gasteiger partial charge in [-0.2, -0.15) is 0 Å². The van der Waals surface area contributed by atoms with Gasteiger partial charge in [0.2, 0.25) is 0 Å². The van der Waals surface area contributed by atoms with E-state index in [2.05, 4.69) is 10.3 Å². The Hall–Kier alpha value is -4.65. The molecule has 0 spiro atoms. The summed E-state index contributed by atoms with van der Waals surface area (Å²) in [4.78, 5) is 31.2. The summed E-state index contributed by atoms with van der Waals surface area (Å²) in [5.74, 6) is 0.791. The van der Waals surface area contributed by atoms with E-state index in [9.17, 15) is 9.59 Å². The van der Waals surface area contributed by atoms with Crippen molar-refractivity contribution in [2.45, 2.75) is 13.2 Å². The van der Waals surface area contributed by atoms with E-state index in [-0.39, 0.29) is 18.4 Å². The van der Waals surface area contributed by atoms with Crippen LogP contribution in [-0.4, -0.2) is 23.4 Å². The van der Waals surface area contributed by atoms with E-state index in [0.29, 0.717) is 41.6 Å². The molecule has 0 bridgehead atoms. The number of fused-ring (bicyclic) bond motifs is 1. The quantitative estimate of drug-likeness (QED) is 0.423. The van der Waals surface area contributed by atoms with Gasteiger partial charge in [-0.3, -0.25) is 14.6 Å². The molecule has 35 heavy (non-hydrogen) atoms. The Bertz CT molecular complexity index is 1330. The molecule has 5 rings (SSSR count). The van der Waals surface area contributed by atoms with Crippen molar-refractivity contribution < 1.29 is 19.1 Å². The number of nitrogens with zero attached hydrogens (tertiary/aromatic N) is 2. The van der Waals surface area contributed by atoms with Gasteiger partial charge in [-0.15, -0.1) is 0 Å². The van der Waals surface area contributed by atoms with Crippen molar-refractivity contribution >= 4 is 23.2 Å². The van der Waals surface area contributed by atoms with Crippen LogP contribution in [0.2, 0.25) is 0 Å². The third-order valence-electron chi connectivity index (χ3n) is 5.57. The molecule has 0 unspecified atom stereocenters. The lowest BCUT2D eigenvalue weighted by atomic mass is 10.1. The molecule has 0 atom stereocenters. The molecule has 2 heterocycles. The van der Waals surface area contributed by atoms with Crippen LogP contribution < -0.4 is 19.7 Å². The van der Waals surface area contributed by atoms with Gasteiger partial charge in [0.15, 0.2) is 6.61 Å². The van der Waals surface area contributed by atoms with Crippen molar-refractivity contribution in [2.75, 3.05) is 16.8 Å². The van der Waals surface area contributed by atoms with E-state index in [1.165, 1.54) is 0 Å². The second kappa shape index (κ2) is 10.1. The number of carbonyl (C=O) groups is 2. The second-order valence-corrected chi connectivity index (χ2v) is 8.02. The lowest BCUT2D eigenvalue weighted by Gasteiger charge is -2.29. The lowest BCUT2D eigenvalue weighted by molar-refractivity contribution is -0.121. The van der Waals surface area contributed by atoms with Crippen LogP contribution in [0.5, 0.6) is 11.5 Å². The fourth-order valence-corrected chi connectivity index (χ4v) is 3.76. The number of carbonyl (C=O) groups excluding carboxylic acids is 2. The predicted molar refractivity (Wildman–Crippen MR) is 133 cm³/mol. The number of aromatic nitrogens is 1. The zero-order valence-corrected chi connectivity index (χ0v) is 18.9. The van der Waals surface area contributed by atoms with Gasteiger partial charge in [-0.25, -0.2) is 0 Å². The molecule has 3 aromatic carbocycles. The van der Waals surface area contributed by atoms with Crippen LogP contribution in [-0.2, 0) is 17.9 Å². The Kier molecular flexibility index (Phi) is 6.39. The second-order valence-electron chi connectivity index (χ2n) is 8.02. The first-order valence-corrected chi connectivity index (χ1v) is 11.2. The molecule has 0 radical (unpaired) electrons. The van der Waals surface area contributed by atoms with Crippen LogP contribution in [0.25, 0.3) is 0 Å². The van der Waals surface area contributed by atoms with Crippen molar-refractivity contribution in [3.63, 3.8) is 0 Å². The summed E-state index contributed by atoms with van der Waals surface area (Å²) in [6.45, 7) is 0.743. The molecule has 174 valence electrons. The molecule has 1 N–H and O–H groups in total. The van der Waals surface area contributed by atoms with Gasteiger partial charge in [0.05, 0.1) is 17.9 Å². The Balaban J connectivity index is 1.24. The van der Waals surface area contributed by atoms with Gasteiger partial charge in [0, 0.05) is 17.4 Å². The number of benzene rings is 3. The van der Waals surface area contributed by atoms with Crippen LogP contribution in [0, 0.1) is 0 Å². The summed E-state index contributed by atoms with van der Waals surface area (Å²) < 4.78 is 11.4. The topological polar surface area (TPSA) is 80.8 Å². The minimum Gasteiger partial charge on any atom is -0.487 e. The average molecular weight is 466 g/mol. The third kappa shape index (κ3) is 5.30. The molecular formula is C28H23N3O4. The highest BCUT2D eigenvalue weighted by Crippen LogP contribution is 2.34. The molecule has 1 aromatic heterocycles. The van der Waals surface area contributed by atoms with Gasteiger partial charge in [0.1, 0.15) is 18.1 Å². The molecule has 4 aromatic rings. The van der Waals surface area contributed by atoms with Crippen molar-refractivity contribution in [1.29, 1.82) is 0 Å². The molecule has 0 fully saturated rings. The highest BCUT2D eigenvalue weighted by atomic mass is 16.5. The van der Waals surface area contributed by atoms with E-state index < -0.39 is 0 Å². The number of anilines is 2. The van der Waals surface area contributed by atoms with Crippen LogP contribution in [0.3, 0.4) is 0 Å². The molecule has 2 amide bonds. The minimum absolute atomic E-state index is 0.0646. The first-order valence-electron chi connectivity index (χ1n) is 11.2. The van der Waals surface area contributed by atoms with Crippen LogP contribution in [0.15, 0.2) is 97.2 Å². The molecule has 0 aliphatic carbocycles. The van der Waals surface area contributed by atoms with E-state index in [0.717, 1.165) is 11.3 Å². The Morgan fingerprint density at radius 2 is 1.77 bits per heavy atom. The smallest absolute Gasteiger partial charge is 0.265 e. The number of hydrogen-bond acceptors (Lipinski definition) is 5. The standard InChI is InChI=1S/C28H23N3O4/c32-27-19-35-26-16-21(9-14-25(26)31(27)17-20-6-2-1-3-7-20)28(33)30-22-10-12-24(13-11-22)34-18-23-8-4-5-15-29-23/h1-16H,17-19H2,(H,30,33). The summed E-state index contributed by atoms with van der Waals surface area (Å²) in [6.07, 6.45) is 1.72. The fraction of sp³-hybridized carbons (Fsp3) is 0.107. The number of hydrogen-bond donors (Lipinski definition) is 1. The van der Waals surface area contributed by atoms with E-state index in [4.69, 9.17) is 9.47 Å². The average Bonchev–Trinajstić information content (AvgIpc) is 2.91. The summed E-state index contributed by atoms with van der Waals surface area (Å²) in [5.41, 5.74) is 3.58. The first kappa shape index (κ1) is 22.2. The summed E-state index contributed by atoms with van der Waals surface area (Å²) in [6, 6.07) is 27.7. The predicted octanol–water partition coefficient (Wildman–Crippen LogP) is 4.84. The van der Waals surface area contributed by atoms with Crippen molar-refractivity contribution in [2.24, 2.45) is 0 Å².